The van der Waals surface area contributed by atoms with Crippen LogP contribution in [0.25, 0.3) is 0 Å². The number of para-hydroxylation sites is 1. The van der Waals surface area contributed by atoms with Crippen LogP contribution in [0.1, 0.15) is 37.7 Å². The van der Waals surface area contributed by atoms with Gasteiger partial charge < -0.3 is 10.1 Å². The van der Waals surface area contributed by atoms with Gasteiger partial charge in [-0.05, 0) is 18.9 Å². The van der Waals surface area contributed by atoms with E-state index in [4.69, 9.17) is 4.74 Å². The molecule has 0 unspecified atom stereocenters. The summed E-state index contributed by atoms with van der Waals surface area (Å²) in [7, 11) is 1.71. The molecule has 0 saturated heterocycles. The molecule has 6 heteroatoms. The van der Waals surface area contributed by atoms with E-state index in [0.29, 0.717) is 19.5 Å². The van der Waals surface area contributed by atoms with Gasteiger partial charge in [0.2, 0.25) is 5.91 Å². The third-order valence-corrected chi connectivity index (χ3v) is 4.90. The largest absolute Gasteiger partial charge is 0.496 e. The summed E-state index contributed by atoms with van der Waals surface area (Å²) in [5, 5.41) is 7.14. The first-order chi connectivity index (χ1) is 11.7. The first kappa shape index (κ1) is 16.5. The number of carbonyl (C=O) groups excluding carboxylic acids is 1. The van der Waals surface area contributed by atoms with E-state index in [1.165, 1.54) is 24.7 Å². The molecule has 1 fully saturated rings. The van der Waals surface area contributed by atoms with Crippen molar-refractivity contribution in [3.8, 4) is 5.75 Å². The molecule has 1 aromatic carbocycles. The van der Waals surface area contributed by atoms with Crippen LogP contribution in [0.4, 0.5) is 0 Å². The summed E-state index contributed by atoms with van der Waals surface area (Å²) in [4.78, 5) is 16.1. The van der Waals surface area contributed by atoms with Crippen molar-refractivity contribution < 1.29 is 9.53 Å². The van der Waals surface area contributed by atoms with Gasteiger partial charge in [0.25, 0.3) is 0 Å². The molecule has 1 saturated carbocycles. The van der Waals surface area contributed by atoms with Crippen LogP contribution in [0.5, 0.6) is 5.75 Å². The van der Waals surface area contributed by atoms with E-state index >= 15 is 0 Å². The second-order valence-corrected chi connectivity index (χ2v) is 6.37. The summed E-state index contributed by atoms with van der Waals surface area (Å²) in [6.45, 7) is 1.21. The van der Waals surface area contributed by atoms with Crippen molar-refractivity contribution in [3.63, 3.8) is 0 Å². The van der Waals surface area contributed by atoms with Gasteiger partial charge in [0, 0.05) is 23.9 Å². The number of hydrogen-bond acceptors (Lipinski definition) is 4. The first-order valence-electron chi connectivity index (χ1n) is 8.46. The molecule has 128 valence electrons. The maximum atomic E-state index is 12.2. The summed E-state index contributed by atoms with van der Waals surface area (Å²) in [5.74, 6) is 0.961. The predicted octanol–water partition coefficient (Wildman–Crippen LogP) is 2.30. The van der Waals surface area contributed by atoms with Gasteiger partial charge >= 0.3 is 0 Å². The first-order valence-corrected chi connectivity index (χ1v) is 8.46. The fraction of sp³-hybridized carbons (Fsp3) is 0.500. The number of aromatic nitrogens is 3. The number of hydrogen-bond donors (Lipinski definition) is 1. The number of nitrogens with one attached hydrogen (secondary N) is 1. The molecule has 1 amide bonds. The Balaban J connectivity index is 1.64. The number of amides is 1. The zero-order valence-electron chi connectivity index (χ0n) is 14.1. The van der Waals surface area contributed by atoms with Crippen LogP contribution in [-0.4, -0.2) is 34.3 Å². The van der Waals surface area contributed by atoms with Crippen LogP contribution in [0, 0.1) is 0 Å². The van der Waals surface area contributed by atoms with Crippen molar-refractivity contribution in [2.45, 2.75) is 44.1 Å². The average molecular weight is 328 g/mol. The van der Waals surface area contributed by atoms with E-state index in [9.17, 15) is 4.79 Å². The molecule has 0 aliphatic heterocycles. The Kier molecular flexibility index (Phi) is 5.13. The molecule has 24 heavy (non-hydrogen) atoms. The van der Waals surface area contributed by atoms with E-state index in [1.54, 1.807) is 18.1 Å². The maximum absolute atomic E-state index is 12.2. The highest BCUT2D eigenvalue weighted by atomic mass is 16.5. The van der Waals surface area contributed by atoms with E-state index in [-0.39, 0.29) is 11.3 Å². The summed E-state index contributed by atoms with van der Waals surface area (Å²) >= 11 is 0. The van der Waals surface area contributed by atoms with E-state index < -0.39 is 0 Å². The third-order valence-electron chi connectivity index (χ3n) is 4.90. The Bertz CT molecular complexity index is 663. The topological polar surface area (TPSA) is 69.0 Å². The molecule has 6 nitrogen and oxygen atoms in total. The normalized spacial score (nSPS) is 16.0. The molecule has 1 heterocycles. The maximum Gasteiger partial charge on any atom is 0.221 e. The minimum Gasteiger partial charge on any atom is -0.496 e. The Hall–Kier alpha value is -2.37. The van der Waals surface area contributed by atoms with Crippen LogP contribution < -0.4 is 10.1 Å². The SMILES string of the molecule is COc1ccccc1C1(CNC(=O)CCn2cncn2)CCCC1. The van der Waals surface area contributed by atoms with Gasteiger partial charge in [-0.25, -0.2) is 4.98 Å². The third kappa shape index (κ3) is 3.58. The van der Waals surface area contributed by atoms with Crippen LogP contribution in [0.15, 0.2) is 36.9 Å². The fourth-order valence-corrected chi connectivity index (χ4v) is 3.60. The molecule has 0 atom stereocenters. The molecule has 1 aromatic heterocycles. The summed E-state index contributed by atoms with van der Waals surface area (Å²) < 4.78 is 7.23. The molecular formula is C18H24N4O2. The number of methoxy groups -OCH3 is 1. The van der Waals surface area contributed by atoms with Crippen molar-refractivity contribution in [2.75, 3.05) is 13.7 Å². The number of benzene rings is 1. The van der Waals surface area contributed by atoms with E-state index in [0.717, 1.165) is 18.6 Å². The monoisotopic (exact) mass is 328 g/mol. The van der Waals surface area contributed by atoms with E-state index in [1.807, 2.05) is 18.2 Å². The van der Waals surface area contributed by atoms with Crippen LogP contribution in [0.2, 0.25) is 0 Å². The molecule has 1 N–H and O–H groups in total. The molecule has 3 rings (SSSR count). The Morgan fingerprint density at radius 1 is 1.33 bits per heavy atom. The van der Waals surface area contributed by atoms with E-state index in [2.05, 4.69) is 21.5 Å². The second-order valence-electron chi connectivity index (χ2n) is 6.37. The van der Waals surface area contributed by atoms with Gasteiger partial charge in [-0.15, -0.1) is 0 Å². The number of ether oxygens (including phenoxy) is 1. The molecule has 0 spiro atoms. The Labute approximate surface area is 142 Å². The lowest BCUT2D eigenvalue weighted by molar-refractivity contribution is -0.121. The highest BCUT2D eigenvalue weighted by molar-refractivity contribution is 5.76. The number of rotatable bonds is 7. The molecule has 1 aliphatic carbocycles. The zero-order chi connectivity index (χ0) is 16.8. The lowest BCUT2D eigenvalue weighted by atomic mass is 9.78. The van der Waals surface area contributed by atoms with Crippen LogP contribution >= 0.6 is 0 Å². The summed E-state index contributed by atoms with van der Waals surface area (Å²) in [5.41, 5.74) is 1.19. The van der Waals surface area contributed by atoms with Crippen molar-refractivity contribution in [1.29, 1.82) is 0 Å². The quantitative estimate of drug-likeness (QED) is 0.847. The second kappa shape index (κ2) is 7.47. The number of carbonyl (C=O) groups is 1. The average Bonchev–Trinajstić information content (AvgIpc) is 3.30. The van der Waals surface area contributed by atoms with Crippen molar-refractivity contribution >= 4 is 5.91 Å². The molecule has 0 radical (unpaired) electrons. The molecule has 2 aromatic rings. The smallest absolute Gasteiger partial charge is 0.221 e. The van der Waals surface area contributed by atoms with Crippen molar-refractivity contribution in [2.24, 2.45) is 0 Å². The van der Waals surface area contributed by atoms with Gasteiger partial charge in [0.05, 0.1) is 13.7 Å². The minimum atomic E-state index is -0.0183. The highest BCUT2D eigenvalue weighted by Crippen LogP contribution is 2.44. The van der Waals surface area contributed by atoms with Gasteiger partial charge in [0.1, 0.15) is 18.4 Å². The summed E-state index contributed by atoms with van der Waals surface area (Å²) in [6, 6.07) is 8.17. The summed E-state index contributed by atoms with van der Waals surface area (Å²) in [6.07, 6.45) is 8.05. The zero-order valence-corrected chi connectivity index (χ0v) is 14.1. The lowest BCUT2D eigenvalue weighted by Gasteiger charge is -2.31. The standard InChI is InChI=1S/C18H24N4O2/c1-24-16-7-3-2-6-15(16)18(9-4-5-10-18)12-20-17(23)8-11-22-14-19-13-21-22/h2-3,6-7,13-14H,4-5,8-12H2,1H3,(H,20,23). The van der Waals surface area contributed by atoms with Gasteiger partial charge in [-0.2, -0.15) is 5.10 Å². The Morgan fingerprint density at radius 3 is 2.83 bits per heavy atom. The molecule has 1 aliphatic rings. The Morgan fingerprint density at radius 2 is 2.12 bits per heavy atom. The van der Waals surface area contributed by atoms with Gasteiger partial charge in [0.15, 0.2) is 0 Å². The lowest BCUT2D eigenvalue weighted by Crippen LogP contribution is -2.39. The molecule has 0 bridgehead atoms. The number of aryl methyl sites for hydroxylation is 1. The molecular weight excluding hydrogens is 304 g/mol. The van der Waals surface area contributed by atoms with Gasteiger partial charge in [-0.3, -0.25) is 9.48 Å². The van der Waals surface area contributed by atoms with Crippen LogP contribution in [-0.2, 0) is 16.8 Å². The predicted molar refractivity (Wildman–Crippen MR) is 90.8 cm³/mol. The minimum absolute atomic E-state index is 0.0183. The number of nitrogens with zero attached hydrogens (tertiary/aromatic N) is 3. The van der Waals surface area contributed by atoms with Crippen molar-refractivity contribution in [3.05, 3.63) is 42.5 Å². The fourth-order valence-electron chi connectivity index (χ4n) is 3.60. The van der Waals surface area contributed by atoms with Crippen molar-refractivity contribution in [1.82, 2.24) is 20.1 Å². The highest BCUT2D eigenvalue weighted by Gasteiger charge is 2.37. The van der Waals surface area contributed by atoms with Gasteiger partial charge in [-0.1, -0.05) is 31.0 Å². The van der Waals surface area contributed by atoms with Crippen LogP contribution in [0.3, 0.4) is 0 Å².